The molecular weight excluding hydrogens is 323 g/mol. The number of rotatable bonds is 3. The zero-order chi connectivity index (χ0) is 15.6. The largest absolute Gasteiger partial charge is 0.416 e. The molecule has 110 valence electrons. The van der Waals surface area contributed by atoms with Crippen LogP contribution in [-0.4, -0.2) is 15.9 Å². The summed E-state index contributed by atoms with van der Waals surface area (Å²) in [4.78, 5) is 15.4. The Hall–Kier alpha value is -2.00. The third kappa shape index (κ3) is 3.56. The zero-order valence-electron chi connectivity index (χ0n) is 10.3. The van der Waals surface area contributed by atoms with Gasteiger partial charge in [-0.3, -0.25) is 4.79 Å². The minimum absolute atomic E-state index is 0.0524. The van der Waals surface area contributed by atoms with Crippen molar-refractivity contribution in [2.75, 3.05) is 5.32 Å². The lowest BCUT2D eigenvalue weighted by Gasteiger charge is -2.13. The van der Waals surface area contributed by atoms with Crippen molar-refractivity contribution in [3.05, 3.63) is 45.9 Å². The van der Waals surface area contributed by atoms with Crippen LogP contribution in [0.5, 0.6) is 0 Å². The number of thiocarbonyl (C=S) groups is 1. The van der Waals surface area contributed by atoms with Gasteiger partial charge in [0.05, 0.1) is 16.8 Å². The fourth-order valence-electron chi connectivity index (χ4n) is 1.54. The predicted molar refractivity (Wildman–Crippen MR) is 77.4 cm³/mol. The van der Waals surface area contributed by atoms with Crippen molar-refractivity contribution in [1.82, 2.24) is 4.98 Å². The molecule has 0 aliphatic rings. The number of hydrogen-bond donors (Lipinski definition) is 2. The maximum Gasteiger partial charge on any atom is 0.416 e. The van der Waals surface area contributed by atoms with Gasteiger partial charge in [-0.25, -0.2) is 4.98 Å². The first-order chi connectivity index (χ1) is 9.79. The van der Waals surface area contributed by atoms with Crippen molar-refractivity contribution >= 4 is 40.1 Å². The van der Waals surface area contributed by atoms with Crippen LogP contribution in [0.2, 0.25) is 0 Å². The number of nitrogens with one attached hydrogen (secondary N) is 1. The van der Waals surface area contributed by atoms with Crippen LogP contribution in [0.1, 0.15) is 21.6 Å². The van der Waals surface area contributed by atoms with Gasteiger partial charge in [-0.2, -0.15) is 13.2 Å². The van der Waals surface area contributed by atoms with E-state index in [4.69, 9.17) is 18.0 Å². The van der Waals surface area contributed by atoms with Crippen LogP contribution >= 0.6 is 23.6 Å². The van der Waals surface area contributed by atoms with Crippen LogP contribution in [0.25, 0.3) is 0 Å². The minimum atomic E-state index is -4.52. The molecule has 0 bridgehead atoms. The quantitative estimate of drug-likeness (QED) is 0.848. The Bertz CT molecular complexity index is 684. The Kier molecular flexibility index (Phi) is 4.24. The van der Waals surface area contributed by atoms with E-state index in [-0.39, 0.29) is 21.9 Å². The summed E-state index contributed by atoms with van der Waals surface area (Å²) >= 11 is 5.95. The predicted octanol–water partition coefficient (Wildman–Crippen LogP) is 3.05. The zero-order valence-corrected chi connectivity index (χ0v) is 11.9. The Morgan fingerprint density at radius 3 is 2.62 bits per heavy atom. The maximum atomic E-state index is 12.7. The lowest BCUT2D eigenvalue weighted by Crippen LogP contribution is -2.19. The van der Waals surface area contributed by atoms with Crippen LogP contribution in [0.15, 0.2) is 29.1 Å². The molecule has 1 aromatic carbocycles. The smallest absolute Gasteiger partial charge is 0.389 e. The molecule has 1 aromatic heterocycles. The van der Waals surface area contributed by atoms with E-state index in [1.165, 1.54) is 22.2 Å². The molecule has 2 aromatic rings. The van der Waals surface area contributed by atoms with Gasteiger partial charge in [0.15, 0.2) is 0 Å². The molecule has 0 fully saturated rings. The van der Waals surface area contributed by atoms with Gasteiger partial charge < -0.3 is 11.1 Å². The molecule has 0 spiro atoms. The number of carbonyl (C=O) groups is 1. The molecular formula is C12H8F3N3OS2. The van der Waals surface area contributed by atoms with E-state index in [0.717, 1.165) is 18.2 Å². The third-order valence-electron chi connectivity index (χ3n) is 2.53. The molecule has 0 atom stereocenters. The van der Waals surface area contributed by atoms with Crippen molar-refractivity contribution in [2.45, 2.75) is 6.18 Å². The average Bonchev–Trinajstić information content (AvgIpc) is 2.91. The lowest BCUT2D eigenvalue weighted by atomic mass is 10.1. The van der Waals surface area contributed by atoms with Gasteiger partial charge in [0, 0.05) is 10.9 Å². The number of benzene rings is 1. The van der Waals surface area contributed by atoms with Crippen molar-refractivity contribution in [3.8, 4) is 0 Å². The molecule has 0 saturated heterocycles. The summed E-state index contributed by atoms with van der Waals surface area (Å²) in [5.74, 6) is -0.548. The summed E-state index contributed by atoms with van der Waals surface area (Å²) < 4.78 is 38.0. The van der Waals surface area contributed by atoms with E-state index >= 15 is 0 Å². The molecule has 0 radical (unpaired) electrons. The number of nitrogens with two attached hydrogens (primary N) is 1. The Morgan fingerprint density at radius 1 is 1.38 bits per heavy atom. The Balaban J connectivity index is 2.35. The number of hydrogen-bond acceptors (Lipinski definition) is 4. The first-order valence-corrected chi connectivity index (χ1v) is 6.84. The molecule has 1 heterocycles. The third-order valence-corrected chi connectivity index (χ3v) is 3.33. The van der Waals surface area contributed by atoms with Crippen molar-refractivity contribution in [2.24, 2.45) is 5.73 Å². The molecule has 0 aliphatic heterocycles. The Labute approximate surface area is 126 Å². The highest BCUT2D eigenvalue weighted by atomic mass is 32.1. The maximum absolute atomic E-state index is 12.7. The summed E-state index contributed by atoms with van der Waals surface area (Å²) in [6.07, 6.45) is -4.52. The van der Waals surface area contributed by atoms with Gasteiger partial charge in [0.1, 0.15) is 10.7 Å². The molecule has 3 N–H and O–H groups in total. The first-order valence-electron chi connectivity index (χ1n) is 5.49. The van der Waals surface area contributed by atoms with Gasteiger partial charge in [-0.1, -0.05) is 12.2 Å². The molecule has 21 heavy (non-hydrogen) atoms. The van der Waals surface area contributed by atoms with Gasteiger partial charge in [0.2, 0.25) is 0 Å². The number of aromatic nitrogens is 1. The van der Waals surface area contributed by atoms with Gasteiger partial charge in [0.25, 0.3) is 5.91 Å². The monoisotopic (exact) mass is 331 g/mol. The fourth-order valence-corrected chi connectivity index (χ4v) is 2.25. The van der Waals surface area contributed by atoms with Crippen LogP contribution in [-0.2, 0) is 6.18 Å². The van der Waals surface area contributed by atoms with E-state index in [9.17, 15) is 18.0 Å². The highest BCUT2D eigenvalue weighted by molar-refractivity contribution is 7.80. The van der Waals surface area contributed by atoms with Crippen LogP contribution < -0.4 is 11.1 Å². The van der Waals surface area contributed by atoms with E-state index < -0.39 is 17.6 Å². The first kappa shape index (κ1) is 15.4. The topological polar surface area (TPSA) is 68.0 Å². The molecule has 0 unspecified atom stereocenters. The van der Waals surface area contributed by atoms with Crippen LogP contribution in [0.3, 0.4) is 0 Å². The number of carbonyl (C=O) groups excluding carboxylic acids is 1. The summed E-state index contributed by atoms with van der Waals surface area (Å²) in [7, 11) is 0. The highest BCUT2D eigenvalue weighted by Gasteiger charge is 2.31. The van der Waals surface area contributed by atoms with E-state index in [1.54, 1.807) is 0 Å². The van der Waals surface area contributed by atoms with Crippen molar-refractivity contribution in [3.63, 3.8) is 0 Å². The summed E-state index contributed by atoms with van der Waals surface area (Å²) in [5, 5.41) is 3.96. The number of alkyl halides is 3. The average molecular weight is 331 g/mol. The summed E-state index contributed by atoms with van der Waals surface area (Å²) in [5.41, 5.74) is 6.21. The SMILES string of the molecule is NC(=S)c1cc(C(F)(F)F)ccc1NC(=O)c1cscn1. The summed E-state index contributed by atoms with van der Waals surface area (Å²) in [6.45, 7) is 0. The van der Waals surface area contributed by atoms with Gasteiger partial charge >= 0.3 is 6.18 Å². The standard InChI is InChI=1S/C12H8F3N3OS2/c13-12(14,15)6-1-2-8(7(3-6)10(16)20)18-11(19)9-4-21-5-17-9/h1-5H,(H2,16,20)(H,18,19). The number of anilines is 1. The normalized spacial score (nSPS) is 11.2. The van der Waals surface area contributed by atoms with E-state index in [0.29, 0.717) is 0 Å². The molecule has 1 amide bonds. The van der Waals surface area contributed by atoms with Crippen LogP contribution in [0.4, 0.5) is 18.9 Å². The second-order valence-electron chi connectivity index (χ2n) is 3.95. The molecule has 4 nitrogen and oxygen atoms in total. The second-order valence-corrected chi connectivity index (χ2v) is 5.11. The number of thiazole rings is 1. The molecule has 0 saturated carbocycles. The van der Waals surface area contributed by atoms with Gasteiger partial charge in [-0.15, -0.1) is 11.3 Å². The van der Waals surface area contributed by atoms with Crippen molar-refractivity contribution in [1.29, 1.82) is 0 Å². The summed E-state index contributed by atoms with van der Waals surface area (Å²) in [6, 6.07) is 2.76. The second kappa shape index (κ2) is 5.78. The highest BCUT2D eigenvalue weighted by Crippen LogP contribution is 2.32. The Morgan fingerprint density at radius 2 is 2.10 bits per heavy atom. The van der Waals surface area contributed by atoms with Gasteiger partial charge in [-0.05, 0) is 18.2 Å². The number of halogens is 3. The number of amides is 1. The van der Waals surface area contributed by atoms with Crippen molar-refractivity contribution < 1.29 is 18.0 Å². The molecule has 0 aliphatic carbocycles. The van der Waals surface area contributed by atoms with Crippen LogP contribution in [0, 0.1) is 0 Å². The molecule has 2 rings (SSSR count). The lowest BCUT2D eigenvalue weighted by molar-refractivity contribution is -0.137. The fraction of sp³-hybridized carbons (Fsp3) is 0.0833. The number of nitrogens with zero attached hydrogens (tertiary/aromatic N) is 1. The van der Waals surface area contributed by atoms with E-state index in [1.807, 2.05) is 0 Å². The molecule has 9 heteroatoms. The minimum Gasteiger partial charge on any atom is -0.389 e. The van der Waals surface area contributed by atoms with E-state index in [2.05, 4.69) is 10.3 Å².